The molecule has 2 bridgehead atoms. The summed E-state index contributed by atoms with van der Waals surface area (Å²) in [6, 6.07) is 3.21. The minimum atomic E-state index is -0.872. The topological polar surface area (TPSA) is 82.8 Å². The molecule has 0 atom stereocenters. The monoisotopic (exact) mass is 302 g/mol. The maximum atomic E-state index is 12.1. The number of carbonyl (C=O) groups excluding carboxylic acids is 3. The summed E-state index contributed by atoms with van der Waals surface area (Å²) >= 11 is 0. The van der Waals surface area contributed by atoms with Gasteiger partial charge in [-0.3, -0.25) is 0 Å². The van der Waals surface area contributed by atoms with Gasteiger partial charge in [-0.15, -0.1) is 0 Å². The summed E-state index contributed by atoms with van der Waals surface area (Å²) in [7, 11) is 0. The molecular formula is C16H14O6. The number of carbonyl (C=O) groups is 3. The van der Waals surface area contributed by atoms with Crippen LogP contribution in [0.4, 0.5) is 0 Å². The molecule has 0 aliphatic heterocycles. The SMILES string of the molecule is C=C(C)C(=O)OCc1c(C(=O)OC(=O)C(=C)C)c2ccc1o2. The predicted molar refractivity (Wildman–Crippen MR) is 77.2 cm³/mol. The summed E-state index contributed by atoms with van der Waals surface area (Å²) in [5.41, 5.74) is 1.41. The molecule has 6 nitrogen and oxygen atoms in total. The molecule has 0 spiro atoms. The lowest BCUT2D eigenvalue weighted by Crippen LogP contribution is -2.15. The van der Waals surface area contributed by atoms with Crippen molar-refractivity contribution < 1.29 is 28.3 Å². The minimum absolute atomic E-state index is 0.0709. The lowest BCUT2D eigenvalue weighted by Gasteiger charge is -2.06. The van der Waals surface area contributed by atoms with Crippen LogP contribution in [-0.2, 0) is 25.7 Å². The first-order chi connectivity index (χ1) is 10.3. The number of hydrogen-bond acceptors (Lipinski definition) is 6. The van der Waals surface area contributed by atoms with Gasteiger partial charge in [0.1, 0.15) is 23.3 Å². The van der Waals surface area contributed by atoms with Crippen LogP contribution in [0.2, 0.25) is 0 Å². The van der Waals surface area contributed by atoms with Crippen molar-refractivity contribution in [1.82, 2.24) is 0 Å². The van der Waals surface area contributed by atoms with E-state index in [4.69, 9.17) is 13.9 Å². The van der Waals surface area contributed by atoms with Crippen LogP contribution in [0.1, 0.15) is 29.8 Å². The third kappa shape index (κ3) is 2.90. The van der Waals surface area contributed by atoms with Gasteiger partial charge in [-0.1, -0.05) is 13.2 Å². The molecule has 0 unspecified atom stereocenters. The summed E-state index contributed by atoms with van der Waals surface area (Å²) < 4.78 is 15.1. The van der Waals surface area contributed by atoms with E-state index in [1.54, 1.807) is 12.1 Å². The number of benzene rings is 1. The highest BCUT2D eigenvalue weighted by Gasteiger charge is 2.26. The van der Waals surface area contributed by atoms with Crippen molar-refractivity contribution in [3.63, 3.8) is 0 Å². The standard InChI is InChI=1S/C16H14O6/c1-8(2)14(17)20-7-10-11-5-6-12(21-11)13(10)16(19)22-15(18)9(3)4/h5-6H,1,3,7H2,2,4H3. The average Bonchev–Trinajstić information content (AvgIpc) is 3.04. The zero-order valence-corrected chi connectivity index (χ0v) is 12.2. The van der Waals surface area contributed by atoms with E-state index in [1.165, 1.54) is 13.8 Å². The second kappa shape index (κ2) is 5.85. The lowest BCUT2D eigenvalue weighted by molar-refractivity contribution is -0.140. The van der Waals surface area contributed by atoms with Crippen LogP contribution >= 0.6 is 0 Å². The number of furan rings is 2. The van der Waals surface area contributed by atoms with E-state index in [0.29, 0.717) is 11.1 Å². The Labute approximate surface area is 126 Å². The van der Waals surface area contributed by atoms with Crippen LogP contribution in [0.3, 0.4) is 0 Å². The van der Waals surface area contributed by atoms with Gasteiger partial charge in [0.05, 0.1) is 5.56 Å². The molecular weight excluding hydrogens is 288 g/mol. The van der Waals surface area contributed by atoms with Crippen LogP contribution in [0.15, 0.2) is 40.9 Å². The lowest BCUT2D eigenvalue weighted by atomic mass is 10.1. The van der Waals surface area contributed by atoms with Gasteiger partial charge in [0.25, 0.3) is 0 Å². The molecule has 0 saturated carbocycles. The van der Waals surface area contributed by atoms with Crippen LogP contribution in [0.25, 0.3) is 11.2 Å². The minimum Gasteiger partial charge on any atom is -0.457 e. The summed E-state index contributed by atoms with van der Waals surface area (Å²) in [5, 5.41) is 0. The normalized spacial score (nSPS) is 10.5. The van der Waals surface area contributed by atoms with E-state index in [2.05, 4.69) is 13.2 Å². The van der Waals surface area contributed by atoms with Crippen molar-refractivity contribution in [1.29, 1.82) is 0 Å². The summed E-state index contributed by atoms with van der Waals surface area (Å²) in [5.74, 6) is -2.28. The van der Waals surface area contributed by atoms with E-state index in [9.17, 15) is 14.4 Å². The number of ether oxygens (including phenoxy) is 2. The number of hydrogen-bond donors (Lipinski definition) is 0. The molecule has 0 fully saturated rings. The molecule has 0 aliphatic rings. The van der Waals surface area contributed by atoms with E-state index >= 15 is 0 Å². The quantitative estimate of drug-likeness (QED) is 0.480. The van der Waals surface area contributed by atoms with Gasteiger partial charge in [0, 0.05) is 11.1 Å². The van der Waals surface area contributed by atoms with E-state index < -0.39 is 17.9 Å². The molecule has 0 radical (unpaired) electrons. The third-order valence-electron chi connectivity index (χ3n) is 2.89. The number of rotatable bonds is 5. The Balaban J connectivity index is 2.23. The van der Waals surface area contributed by atoms with E-state index in [1.807, 2.05) is 0 Å². The molecule has 2 rings (SSSR count). The third-order valence-corrected chi connectivity index (χ3v) is 2.89. The molecule has 2 aromatic heterocycles. The molecule has 0 N–H and O–H groups in total. The first-order valence-corrected chi connectivity index (χ1v) is 6.39. The van der Waals surface area contributed by atoms with Gasteiger partial charge in [-0.2, -0.15) is 0 Å². The molecule has 2 aromatic rings. The Hall–Kier alpha value is -2.89. The Kier molecular flexibility index (Phi) is 4.12. The van der Waals surface area contributed by atoms with Gasteiger partial charge in [0.15, 0.2) is 0 Å². The zero-order valence-electron chi connectivity index (χ0n) is 12.2. The van der Waals surface area contributed by atoms with Crippen molar-refractivity contribution in [3.05, 3.63) is 47.6 Å². The Morgan fingerprint density at radius 3 is 2.23 bits per heavy atom. The van der Waals surface area contributed by atoms with Crippen LogP contribution in [-0.4, -0.2) is 17.9 Å². The predicted octanol–water partition coefficient (Wildman–Crippen LogP) is 2.75. The van der Waals surface area contributed by atoms with Gasteiger partial charge in [-0.25, -0.2) is 14.4 Å². The van der Waals surface area contributed by atoms with Gasteiger partial charge < -0.3 is 13.9 Å². The van der Waals surface area contributed by atoms with Crippen LogP contribution in [0.5, 0.6) is 0 Å². The van der Waals surface area contributed by atoms with E-state index in [0.717, 1.165) is 0 Å². The van der Waals surface area contributed by atoms with Gasteiger partial charge in [-0.05, 0) is 26.0 Å². The first-order valence-electron chi connectivity index (χ1n) is 6.39. The highest BCUT2D eigenvalue weighted by molar-refractivity contribution is 6.07. The van der Waals surface area contributed by atoms with Crippen molar-refractivity contribution in [3.8, 4) is 0 Å². The highest BCUT2D eigenvalue weighted by atomic mass is 16.6. The van der Waals surface area contributed by atoms with Crippen molar-refractivity contribution in [2.24, 2.45) is 0 Å². The average molecular weight is 302 g/mol. The molecule has 114 valence electrons. The molecule has 6 heteroatoms. The molecule has 2 heterocycles. The first kappa shape index (κ1) is 15.5. The smallest absolute Gasteiger partial charge is 0.350 e. The Morgan fingerprint density at radius 2 is 1.64 bits per heavy atom. The second-order valence-electron chi connectivity index (χ2n) is 4.83. The molecule has 0 aliphatic carbocycles. The summed E-state index contributed by atoms with van der Waals surface area (Å²) in [6.45, 7) is 9.63. The van der Waals surface area contributed by atoms with Crippen molar-refractivity contribution >= 4 is 29.1 Å². The second-order valence-corrected chi connectivity index (χ2v) is 4.83. The van der Waals surface area contributed by atoms with Crippen molar-refractivity contribution in [2.45, 2.75) is 20.5 Å². The van der Waals surface area contributed by atoms with Crippen LogP contribution in [0, 0.1) is 0 Å². The van der Waals surface area contributed by atoms with Gasteiger partial charge in [0.2, 0.25) is 0 Å². The number of fused-ring (bicyclic) bond motifs is 2. The summed E-state index contributed by atoms with van der Waals surface area (Å²) in [4.78, 5) is 35.0. The fraction of sp³-hybridized carbons (Fsp3) is 0.188. The largest absolute Gasteiger partial charge is 0.457 e. The summed E-state index contributed by atoms with van der Waals surface area (Å²) in [6.07, 6.45) is 0. The van der Waals surface area contributed by atoms with Crippen LogP contribution < -0.4 is 0 Å². The zero-order chi connectivity index (χ0) is 16.4. The van der Waals surface area contributed by atoms with Gasteiger partial charge >= 0.3 is 17.9 Å². The molecule has 0 aromatic carbocycles. The fourth-order valence-electron chi connectivity index (χ4n) is 1.76. The number of esters is 3. The fourth-order valence-corrected chi connectivity index (χ4v) is 1.76. The molecule has 0 amide bonds. The Bertz CT molecular complexity index is 779. The molecule has 22 heavy (non-hydrogen) atoms. The Morgan fingerprint density at radius 1 is 1.05 bits per heavy atom. The van der Waals surface area contributed by atoms with Crippen molar-refractivity contribution in [2.75, 3.05) is 0 Å². The molecule has 0 saturated heterocycles. The maximum absolute atomic E-state index is 12.1. The maximum Gasteiger partial charge on any atom is 0.350 e. The highest BCUT2D eigenvalue weighted by Crippen LogP contribution is 2.30. The van der Waals surface area contributed by atoms with E-state index in [-0.39, 0.29) is 28.9 Å².